The zero-order valence-electron chi connectivity index (χ0n) is 14.2. The molecular weight excluding hydrogens is 310 g/mol. The van der Waals surface area contributed by atoms with Crippen LogP contribution in [-0.4, -0.2) is 49.5 Å². The van der Waals surface area contributed by atoms with Crippen LogP contribution in [0.2, 0.25) is 5.02 Å². The Morgan fingerprint density at radius 3 is 2.70 bits per heavy atom. The zero-order chi connectivity index (χ0) is 16.2. The molecule has 0 spiro atoms. The van der Waals surface area contributed by atoms with E-state index in [4.69, 9.17) is 21.1 Å². The molecule has 1 saturated carbocycles. The second-order valence-corrected chi connectivity index (χ2v) is 7.39. The average molecular weight is 338 g/mol. The zero-order valence-corrected chi connectivity index (χ0v) is 15.0. The van der Waals surface area contributed by atoms with Crippen molar-refractivity contribution in [2.45, 2.75) is 63.3 Å². The Kier molecular flexibility index (Phi) is 5.97. The Morgan fingerprint density at radius 1 is 1.22 bits per heavy atom. The van der Waals surface area contributed by atoms with Crippen molar-refractivity contribution in [1.29, 1.82) is 0 Å². The molecule has 1 aromatic carbocycles. The first-order valence-corrected chi connectivity index (χ1v) is 9.19. The van der Waals surface area contributed by atoms with Crippen molar-refractivity contribution in [3.63, 3.8) is 0 Å². The van der Waals surface area contributed by atoms with Gasteiger partial charge >= 0.3 is 0 Å². The summed E-state index contributed by atoms with van der Waals surface area (Å²) in [4.78, 5) is 2.66. The van der Waals surface area contributed by atoms with Crippen LogP contribution in [0.5, 0.6) is 0 Å². The molecule has 1 saturated heterocycles. The minimum absolute atomic E-state index is 0.302. The van der Waals surface area contributed by atoms with Gasteiger partial charge in [-0.25, -0.2) is 0 Å². The summed E-state index contributed by atoms with van der Waals surface area (Å²) in [5, 5.41) is 0.797. The quantitative estimate of drug-likeness (QED) is 0.831. The number of ether oxygens (including phenoxy) is 2. The molecular formula is C19H28ClNO2. The minimum atomic E-state index is 0.302. The van der Waals surface area contributed by atoms with E-state index in [0.717, 1.165) is 24.6 Å². The van der Waals surface area contributed by atoms with Gasteiger partial charge in [0.2, 0.25) is 0 Å². The lowest BCUT2D eigenvalue weighted by Gasteiger charge is -2.47. The van der Waals surface area contributed by atoms with E-state index in [1.165, 1.54) is 31.2 Å². The van der Waals surface area contributed by atoms with Gasteiger partial charge in [0.1, 0.15) is 0 Å². The highest BCUT2D eigenvalue weighted by Gasteiger charge is 2.37. The number of hydrogen-bond donors (Lipinski definition) is 0. The largest absolute Gasteiger partial charge is 0.380 e. The van der Waals surface area contributed by atoms with Gasteiger partial charge in [-0.1, -0.05) is 36.6 Å². The maximum atomic E-state index is 6.01. The second-order valence-electron chi connectivity index (χ2n) is 6.95. The number of morpholine rings is 1. The molecule has 2 aliphatic rings. The maximum Gasteiger partial charge on any atom is 0.0726 e. The van der Waals surface area contributed by atoms with Crippen molar-refractivity contribution >= 4 is 11.6 Å². The van der Waals surface area contributed by atoms with E-state index in [0.29, 0.717) is 24.3 Å². The highest BCUT2D eigenvalue weighted by Crippen LogP contribution is 2.30. The van der Waals surface area contributed by atoms with Gasteiger partial charge in [-0.15, -0.1) is 0 Å². The lowest BCUT2D eigenvalue weighted by molar-refractivity contribution is -0.106. The molecule has 0 amide bonds. The molecule has 0 bridgehead atoms. The van der Waals surface area contributed by atoms with E-state index in [9.17, 15) is 0 Å². The third kappa shape index (κ3) is 4.27. The van der Waals surface area contributed by atoms with Crippen LogP contribution < -0.4 is 0 Å². The Bertz CT molecular complexity index is 493. The van der Waals surface area contributed by atoms with Crippen molar-refractivity contribution in [2.75, 3.05) is 20.3 Å². The molecule has 1 heterocycles. The predicted octanol–water partition coefficient (Wildman–Crippen LogP) is 3.93. The lowest BCUT2D eigenvalue weighted by atomic mass is 9.88. The van der Waals surface area contributed by atoms with Crippen LogP contribution >= 0.6 is 11.6 Å². The number of hydrogen-bond acceptors (Lipinski definition) is 3. The molecule has 0 N–H and O–H groups in total. The summed E-state index contributed by atoms with van der Waals surface area (Å²) in [6.07, 6.45) is 6.69. The molecule has 1 aliphatic heterocycles. The summed E-state index contributed by atoms with van der Waals surface area (Å²) < 4.78 is 11.8. The average Bonchev–Trinajstić information content (AvgIpc) is 2.58. The van der Waals surface area contributed by atoms with E-state index in [1.807, 2.05) is 19.2 Å². The Hall–Kier alpha value is -0.610. The van der Waals surface area contributed by atoms with E-state index in [1.54, 1.807) is 0 Å². The molecule has 3 nitrogen and oxygen atoms in total. The number of halogens is 1. The smallest absolute Gasteiger partial charge is 0.0726 e. The molecule has 2 fully saturated rings. The Labute approximate surface area is 144 Å². The van der Waals surface area contributed by atoms with E-state index in [2.05, 4.69) is 24.0 Å². The molecule has 0 radical (unpaired) electrons. The summed E-state index contributed by atoms with van der Waals surface area (Å²) in [6, 6.07) is 9.17. The van der Waals surface area contributed by atoms with Gasteiger partial charge in [-0.2, -0.15) is 0 Å². The van der Waals surface area contributed by atoms with Crippen LogP contribution in [0.3, 0.4) is 0 Å². The van der Waals surface area contributed by atoms with Crippen molar-refractivity contribution in [3.8, 4) is 0 Å². The van der Waals surface area contributed by atoms with Crippen LogP contribution in [-0.2, 0) is 15.9 Å². The van der Waals surface area contributed by atoms with Gasteiger partial charge < -0.3 is 9.47 Å². The van der Waals surface area contributed by atoms with Gasteiger partial charge in [0.15, 0.2) is 0 Å². The summed E-state index contributed by atoms with van der Waals surface area (Å²) in [5.41, 5.74) is 1.33. The first-order valence-electron chi connectivity index (χ1n) is 8.82. The lowest BCUT2D eigenvalue weighted by Crippen LogP contribution is -2.58. The highest BCUT2D eigenvalue weighted by atomic mass is 35.5. The van der Waals surface area contributed by atoms with Gasteiger partial charge in [-0.3, -0.25) is 4.90 Å². The fourth-order valence-corrected chi connectivity index (χ4v) is 4.20. The third-order valence-electron chi connectivity index (χ3n) is 5.29. The van der Waals surface area contributed by atoms with Crippen molar-refractivity contribution in [2.24, 2.45) is 0 Å². The molecule has 4 atom stereocenters. The standard InChI is InChI=1S/C19H28ClNO2/c1-14-12-21(18-5-3-4-6-19(18)22-2)17(13-23-14)11-15-7-9-16(20)10-8-15/h7-10,14,17-19H,3-6,11-13H2,1-2H3/t14-,17?,18?,19+/m0/s1. The van der Waals surface area contributed by atoms with Crippen LogP contribution in [0.4, 0.5) is 0 Å². The highest BCUT2D eigenvalue weighted by molar-refractivity contribution is 6.30. The fraction of sp³-hybridized carbons (Fsp3) is 0.684. The SMILES string of the molecule is CO[C@@H]1CCCCC1N1C[C@H](C)OCC1Cc1ccc(Cl)cc1. The molecule has 0 aromatic heterocycles. The molecule has 3 rings (SSSR count). The number of nitrogens with zero attached hydrogens (tertiary/aromatic N) is 1. The third-order valence-corrected chi connectivity index (χ3v) is 5.54. The van der Waals surface area contributed by atoms with E-state index < -0.39 is 0 Å². The normalized spacial score (nSPS) is 32.8. The second kappa shape index (κ2) is 7.98. The molecule has 1 aliphatic carbocycles. The Morgan fingerprint density at radius 2 is 1.96 bits per heavy atom. The molecule has 2 unspecified atom stereocenters. The number of methoxy groups -OCH3 is 1. The summed E-state index contributed by atoms with van der Waals surface area (Å²) in [5.74, 6) is 0. The van der Waals surface area contributed by atoms with Gasteiger partial charge in [0.05, 0.1) is 18.8 Å². The van der Waals surface area contributed by atoms with E-state index >= 15 is 0 Å². The van der Waals surface area contributed by atoms with Crippen molar-refractivity contribution in [1.82, 2.24) is 4.90 Å². The summed E-state index contributed by atoms with van der Waals surface area (Å²) >= 11 is 6.01. The van der Waals surface area contributed by atoms with Crippen LogP contribution in [0.15, 0.2) is 24.3 Å². The minimum Gasteiger partial charge on any atom is -0.380 e. The van der Waals surface area contributed by atoms with Gasteiger partial charge in [0.25, 0.3) is 0 Å². The van der Waals surface area contributed by atoms with Crippen LogP contribution in [0.1, 0.15) is 38.2 Å². The molecule has 1 aromatic rings. The number of rotatable bonds is 4. The predicted molar refractivity (Wildman–Crippen MR) is 94.1 cm³/mol. The van der Waals surface area contributed by atoms with E-state index in [-0.39, 0.29) is 0 Å². The van der Waals surface area contributed by atoms with Crippen LogP contribution in [0, 0.1) is 0 Å². The monoisotopic (exact) mass is 337 g/mol. The topological polar surface area (TPSA) is 21.7 Å². The first kappa shape index (κ1) is 17.2. The summed E-state index contributed by atoms with van der Waals surface area (Å²) in [7, 11) is 1.86. The molecule has 4 heteroatoms. The van der Waals surface area contributed by atoms with Gasteiger partial charge in [0, 0.05) is 30.8 Å². The Balaban J connectivity index is 1.74. The van der Waals surface area contributed by atoms with Crippen molar-refractivity contribution < 1.29 is 9.47 Å². The van der Waals surface area contributed by atoms with Crippen molar-refractivity contribution in [3.05, 3.63) is 34.9 Å². The van der Waals surface area contributed by atoms with Crippen LogP contribution in [0.25, 0.3) is 0 Å². The summed E-state index contributed by atoms with van der Waals surface area (Å²) in [6.45, 7) is 3.98. The first-order chi connectivity index (χ1) is 11.2. The fourth-order valence-electron chi connectivity index (χ4n) is 4.08. The number of benzene rings is 1. The molecule has 128 valence electrons. The maximum absolute atomic E-state index is 6.01. The molecule has 23 heavy (non-hydrogen) atoms. The van der Waals surface area contributed by atoms with Gasteiger partial charge in [-0.05, 0) is 43.9 Å².